The Morgan fingerprint density at radius 2 is 2.19 bits per heavy atom. The van der Waals surface area contributed by atoms with Crippen LogP contribution in [0.5, 0.6) is 0 Å². The third-order valence-electron chi connectivity index (χ3n) is 3.44. The second-order valence-electron chi connectivity index (χ2n) is 5.10. The Balaban J connectivity index is 1.99. The van der Waals surface area contributed by atoms with Gasteiger partial charge in [-0.05, 0) is 25.0 Å². The van der Waals surface area contributed by atoms with Crippen molar-refractivity contribution < 1.29 is 19.5 Å². The molecule has 1 saturated heterocycles. The minimum Gasteiger partial charge on any atom is -0.481 e. The Morgan fingerprint density at radius 3 is 2.86 bits per heavy atom. The van der Waals surface area contributed by atoms with E-state index >= 15 is 0 Å². The quantitative estimate of drug-likeness (QED) is 0.878. The van der Waals surface area contributed by atoms with E-state index in [4.69, 9.17) is 5.11 Å². The van der Waals surface area contributed by atoms with E-state index < -0.39 is 11.9 Å². The second kappa shape index (κ2) is 6.71. The largest absolute Gasteiger partial charge is 0.481 e. The molecule has 2 amide bonds. The van der Waals surface area contributed by atoms with Crippen molar-refractivity contribution in [2.75, 3.05) is 13.1 Å². The van der Waals surface area contributed by atoms with E-state index in [0.29, 0.717) is 30.8 Å². The van der Waals surface area contributed by atoms with Gasteiger partial charge in [0, 0.05) is 24.9 Å². The second-order valence-corrected chi connectivity index (χ2v) is 6.27. The summed E-state index contributed by atoms with van der Waals surface area (Å²) in [6.07, 6.45) is 1.34. The Hall–Kier alpha value is -1.89. The number of hydrogen-bond donors (Lipinski definition) is 2. The van der Waals surface area contributed by atoms with Crippen LogP contribution in [0, 0.1) is 5.92 Å². The van der Waals surface area contributed by atoms with Crippen LogP contribution in [0.4, 0.5) is 0 Å². The molecule has 2 heterocycles. The van der Waals surface area contributed by atoms with E-state index in [0.717, 1.165) is 4.88 Å². The molecule has 0 saturated carbocycles. The summed E-state index contributed by atoms with van der Waals surface area (Å²) in [5.74, 6) is -1.55. The molecular weight excluding hydrogens is 292 g/mol. The number of hydrogen-bond acceptors (Lipinski definition) is 4. The number of amides is 2. The lowest BCUT2D eigenvalue weighted by Gasteiger charge is -2.30. The van der Waals surface area contributed by atoms with Crippen LogP contribution in [0.2, 0.25) is 0 Å². The first-order chi connectivity index (χ1) is 9.97. The van der Waals surface area contributed by atoms with Crippen molar-refractivity contribution in [3.8, 4) is 0 Å². The maximum atomic E-state index is 12.4. The molecule has 6 nitrogen and oxygen atoms in total. The third kappa shape index (κ3) is 4.04. The van der Waals surface area contributed by atoms with Gasteiger partial charge in [-0.25, -0.2) is 0 Å². The molecule has 7 heteroatoms. The first-order valence-electron chi connectivity index (χ1n) is 6.82. The van der Waals surface area contributed by atoms with Gasteiger partial charge in [-0.3, -0.25) is 14.4 Å². The molecule has 0 bridgehead atoms. The molecule has 2 rings (SSSR count). The molecular formula is C14H18N2O4S. The number of carboxylic acid groups (broad SMARTS) is 1. The minimum atomic E-state index is -0.843. The monoisotopic (exact) mass is 310 g/mol. The number of carbonyl (C=O) groups is 3. The summed E-state index contributed by atoms with van der Waals surface area (Å²) in [6, 6.07) is 3.54. The molecule has 1 fully saturated rings. The van der Waals surface area contributed by atoms with E-state index in [-0.39, 0.29) is 18.4 Å². The fourth-order valence-electron chi connectivity index (χ4n) is 2.32. The summed E-state index contributed by atoms with van der Waals surface area (Å²) in [5.41, 5.74) is 0. The summed E-state index contributed by atoms with van der Waals surface area (Å²) in [5, 5.41) is 11.7. The van der Waals surface area contributed by atoms with Crippen molar-refractivity contribution in [1.29, 1.82) is 0 Å². The summed E-state index contributed by atoms with van der Waals surface area (Å²) in [4.78, 5) is 37.4. The molecule has 1 aliphatic rings. The van der Waals surface area contributed by atoms with Crippen LogP contribution in [0.3, 0.4) is 0 Å². The van der Waals surface area contributed by atoms with Gasteiger partial charge in [0.2, 0.25) is 5.91 Å². The van der Waals surface area contributed by atoms with Crippen LogP contribution in [-0.4, -0.2) is 40.9 Å². The number of piperidine rings is 1. The van der Waals surface area contributed by atoms with Gasteiger partial charge in [0.05, 0.1) is 17.3 Å². The van der Waals surface area contributed by atoms with Gasteiger partial charge in [0.1, 0.15) is 0 Å². The lowest BCUT2D eigenvalue weighted by atomic mass is 9.98. The van der Waals surface area contributed by atoms with Crippen molar-refractivity contribution in [1.82, 2.24) is 10.2 Å². The number of aliphatic carboxylic acids is 1. The average Bonchev–Trinajstić information content (AvgIpc) is 2.93. The normalized spacial score (nSPS) is 18.3. The van der Waals surface area contributed by atoms with Crippen LogP contribution in [0.25, 0.3) is 0 Å². The lowest BCUT2D eigenvalue weighted by Crippen LogP contribution is -2.42. The summed E-state index contributed by atoms with van der Waals surface area (Å²) in [7, 11) is 0. The molecule has 0 unspecified atom stereocenters. The predicted octanol–water partition coefficient (Wildman–Crippen LogP) is 1.32. The summed E-state index contributed by atoms with van der Waals surface area (Å²) in [6.45, 7) is 2.72. The lowest BCUT2D eigenvalue weighted by molar-refractivity contribution is -0.143. The van der Waals surface area contributed by atoms with Crippen LogP contribution < -0.4 is 5.32 Å². The third-order valence-corrected chi connectivity index (χ3v) is 4.52. The fraction of sp³-hybridized carbons (Fsp3) is 0.500. The first-order valence-corrected chi connectivity index (χ1v) is 7.64. The van der Waals surface area contributed by atoms with E-state index in [9.17, 15) is 14.4 Å². The van der Waals surface area contributed by atoms with Crippen LogP contribution in [0.1, 0.15) is 34.3 Å². The van der Waals surface area contributed by atoms with Gasteiger partial charge in [-0.2, -0.15) is 0 Å². The van der Waals surface area contributed by atoms with Gasteiger partial charge < -0.3 is 15.3 Å². The van der Waals surface area contributed by atoms with E-state index in [2.05, 4.69) is 5.32 Å². The first kappa shape index (κ1) is 15.5. The fourth-order valence-corrected chi connectivity index (χ4v) is 3.23. The molecule has 1 aromatic heterocycles. The standard InChI is InChI=1S/C14H18N2O4S/c1-9(17)15-7-11-4-5-12(21-11)13(18)16-6-2-3-10(8-16)14(19)20/h4-5,10H,2-3,6-8H2,1H3,(H,15,17)(H,19,20)/t10-/m1/s1. The van der Waals surface area contributed by atoms with Crippen LogP contribution in [0.15, 0.2) is 12.1 Å². The zero-order valence-corrected chi connectivity index (χ0v) is 12.6. The van der Waals surface area contributed by atoms with Gasteiger partial charge in [-0.1, -0.05) is 0 Å². The maximum Gasteiger partial charge on any atom is 0.308 e. The summed E-state index contributed by atoms with van der Waals surface area (Å²) < 4.78 is 0. The SMILES string of the molecule is CC(=O)NCc1ccc(C(=O)N2CCC[C@@H](C(=O)O)C2)s1. The molecule has 1 aliphatic heterocycles. The number of carboxylic acids is 1. The number of rotatable bonds is 4. The molecule has 1 aromatic rings. The minimum absolute atomic E-state index is 0.114. The molecule has 0 spiro atoms. The summed E-state index contributed by atoms with van der Waals surface area (Å²) >= 11 is 1.33. The van der Waals surface area contributed by atoms with Crippen molar-refractivity contribution >= 4 is 29.1 Å². The zero-order chi connectivity index (χ0) is 15.4. The number of thiophene rings is 1. The number of nitrogens with one attached hydrogen (secondary N) is 1. The highest BCUT2D eigenvalue weighted by atomic mass is 32.1. The molecule has 0 radical (unpaired) electrons. The van der Waals surface area contributed by atoms with Gasteiger partial charge >= 0.3 is 5.97 Å². The van der Waals surface area contributed by atoms with Gasteiger partial charge in [0.15, 0.2) is 0 Å². The Morgan fingerprint density at radius 1 is 1.43 bits per heavy atom. The van der Waals surface area contributed by atoms with Crippen LogP contribution in [-0.2, 0) is 16.1 Å². The predicted molar refractivity (Wildman–Crippen MR) is 78.1 cm³/mol. The highest BCUT2D eigenvalue weighted by molar-refractivity contribution is 7.14. The molecule has 1 atom stereocenters. The highest BCUT2D eigenvalue weighted by Gasteiger charge is 2.29. The maximum absolute atomic E-state index is 12.4. The highest BCUT2D eigenvalue weighted by Crippen LogP contribution is 2.22. The van der Waals surface area contributed by atoms with E-state index in [1.807, 2.05) is 6.07 Å². The molecule has 114 valence electrons. The number of nitrogens with zero attached hydrogens (tertiary/aromatic N) is 1. The molecule has 2 N–H and O–H groups in total. The Bertz CT molecular complexity index is 555. The Kier molecular flexibility index (Phi) is 4.95. The molecule has 21 heavy (non-hydrogen) atoms. The van der Waals surface area contributed by atoms with Crippen LogP contribution >= 0.6 is 11.3 Å². The molecule has 0 aliphatic carbocycles. The van der Waals surface area contributed by atoms with Gasteiger partial charge in [0.25, 0.3) is 5.91 Å². The van der Waals surface area contributed by atoms with Crippen molar-refractivity contribution in [2.24, 2.45) is 5.92 Å². The zero-order valence-electron chi connectivity index (χ0n) is 11.8. The smallest absolute Gasteiger partial charge is 0.308 e. The Labute approximate surface area is 126 Å². The van der Waals surface area contributed by atoms with E-state index in [1.165, 1.54) is 18.3 Å². The van der Waals surface area contributed by atoms with Crippen molar-refractivity contribution in [3.63, 3.8) is 0 Å². The van der Waals surface area contributed by atoms with Crippen molar-refractivity contribution in [2.45, 2.75) is 26.3 Å². The van der Waals surface area contributed by atoms with Crippen molar-refractivity contribution in [3.05, 3.63) is 21.9 Å². The topological polar surface area (TPSA) is 86.7 Å². The molecule has 0 aromatic carbocycles. The van der Waals surface area contributed by atoms with Gasteiger partial charge in [-0.15, -0.1) is 11.3 Å². The number of likely N-dealkylation sites (tertiary alicyclic amines) is 1. The number of carbonyl (C=O) groups excluding carboxylic acids is 2. The van der Waals surface area contributed by atoms with E-state index in [1.54, 1.807) is 11.0 Å². The average molecular weight is 310 g/mol.